The van der Waals surface area contributed by atoms with Crippen molar-refractivity contribution < 1.29 is 65.9 Å². The summed E-state index contributed by atoms with van der Waals surface area (Å²) in [5.74, 6) is -11.5. The van der Waals surface area contributed by atoms with Gasteiger partial charge in [0.2, 0.25) is 0 Å². The number of rotatable bonds is 4. The fraction of sp³-hybridized carbons (Fsp3) is 0.333. The SMILES string of the molecule is O=S(=O)(/C(SOOC(F)(F)F)=C1\C(F)=C(F)C(F)=C(F)C1F)C(F)(F)F. The zero-order valence-corrected chi connectivity index (χ0v) is 12.8. The van der Waals surface area contributed by atoms with Crippen molar-refractivity contribution in [3.8, 4) is 0 Å². The minimum atomic E-state index is -6.91. The fourth-order valence-corrected chi connectivity index (χ4v) is 3.16. The minimum Gasteiger partial charge on any atom is -0.234 e. The second-order valence-electron chi connectivity index (χ2n) is 3.98. The molecule has 0 spiro atoms. The van der Waals surface area contributed by atoms with Crippen molar-refractivity contribution in [3.63, 3.8) is 0 Å². The average molecular weight is 446 g/mol. The lowest BCUT2D eigenvalue weighted by atomic mass is 10.0. The summed E-state index contributed by atoms with van der Waals surface area (Å²) < 4.78 is 162. The molecule has 1 unspecified atom stereocenters. The summed E-state index contributed by atoms with van der Waals surface area (Å²) in [7, 11) is -6.91. The first-order valence-corrected chi connectivity index (χ1v) is 7.64. The van der Waals surface area contributed by atoms with Crippen molar-refractivity contribution in [3.05, 3.63) is 33.1 Å². The number of alkyl halides is 7. The second-order valence-corrected chi connectivity index (χ2v) is 6.83. The summed E-state index contributed by atoms with van der Waals surface area (Å²) >= 11 is -1.56. The first-order valence-electron chi connectivity index (χ1n) is 5.42. The molecule has 0 aromatic rings. The molecule has 0 fully saturated rings. The first-order chi connectivity index (χ1) is 11.5. The molecular weight excluding hydrogens is 445 g/mol. The quantitative estimate of drug-likeness (QED) is 0.266. The number of allylic oxidation sites excluding steroid dienone is 5. The summed E-state index contributed by atoms with van der Waals surface area (Å²) in [6.07, 6.45) is -9.65. The van der Waals surface area contributed by atoms with Crippen LogP contribution >= 0.6 is 12.0 Å². The minimum absolute atomic E-state index is 1.56. The smallest absolute Gasteiger partial charge is 0.234 e. The van der Waals surface area contributed by atoms with E-state index in [0.717, 1.165) is 0 Å². The van der Waals surface area contributed by atoms with Gasteiger partial charge in [-0.3, -0.25) is 0 Å². The lowest BCUT2D eigenvalue weighted by Crippen LogP contribution is -2.27. The molecule has 1 rings (SSSR count). The highest BCUT2D eigenvalue weighted by atomic mass is 32.3. The van der Waals surface area contributed by atoms with Gasteiger partial charge in [0.1, 0.15) is 4.24 Å². The van der Waals surface area contributed by atoms with E-state index in [1.165, 1.54) is 0 Å². The Morgan fingerprint density at radius 3 is 1.85 bits per heavy atom. The summed E-state index contributed by atoms with van der Waals surface area (Å²) in [5.41, 5.74) is -8.99. The molecule has 150 valence electrons. The molecule has 0 saturated carbocycles. The molecule has 1 aliphatic rings. The van der Waals surface area contributed by atoms with E-state index in [9.17, 15) is 56.7 Å². The van der Waals surface area contributed by atoms with Gasteiger partial charge in [-0.05, 0) is 0 Å². The number of hydrogen-bond donors (Lipinski definition) is 0. The van der Waals surface area contributed by atoms with Gasteiger partial charge < -0.3 is 0 Å². The van der Waals surface area contributed by atoms with E-state index in [0.29, 0.717) is 0 Å². The lowest BCUT2D eigenvalue weighted by molar-refractivity contribution is -0.439. The zero-order valence-electron chi connectivity index (χ0n) is 11.2. The van der Waals surface area contributed by atoms with Gasteiger partial charge in [0.25, 0.3) is 9.84 Å². The zero-order chi connectivity index (χ0) is 20.7. The van der Waals surface area contributed by atoms with E-state index < -0.39 is 73.0 Å². The van der Waals surface area contributed by atoms with Gasteiger partial charge in [-0.1, -0.05) is 0 Å². The Hall–Kier alpha value is -1.33. The van der Waals surface area contributed by atoms with Gasteiger partial charge in [-0.25, -0.2) is 30.4 Å². The second kappa shape index (κ2) is 7.35. The van der Waals surface area contributed by atoms with E-state index in [1.54, 1.807) is 0 Å². The molecule has 0 heterocycles. The van der Waals surface area contributed by atoms with Crippen LogP contribution < -0.4 is 0 Å². The molecule has 1 aliphatic carbocycles. The van der Waals surface area contributed by atoms with Crippen LogP contribution in [0.25, 0.3) is 0 Å². The normalized spacial score (nSPS) is 22.2. The Bertz CT molecular complexity index is 774. The third-order valence-electron chi connectivity index (χ3n) is 2.31. The molecule has 0 saturated heterocycles. The maximum atomic E-state index is 13.6. The topological polar surface area (TPSA) is 52.6 Å². The third-order valence-corrected chi connectivity index (χ3v) is 5.00. The Morgan fingerprint density at radius 1 is 0.923 bits per heavy atom. The Balaban J connectivity index is 3.62. The number of hydrogen-bond acceptors (Lipinski definition) is 5. The average Bonchev–Trinajstić information content (AvgIpc) is 2.47. The van der Waals surface area contributed by atoms with Crippen LogP contribution in [0.5, 0.6) is 0 Å². The van der Waals surface area contributed by atoms with Crippen LogP contribution in [0.2, 0.25) is 0 Å². The summed E-state index contributed by atoms with van der Waals surface area (Å²) in [4.78, 5) is 2.47. The van der Waals surface area contributed by atoms with Crippen molar-refractivity contribution in [1.82, 2.24) is 0 Å². The fourth-order valence-electron chi connectivity index (χ4n) is 1.29. The monoisotopic (exact) mass is 446 g/mol. The summed E-state index contributed by atoms with van der Waals surface area (Å²) in [6, 6.07) is 0. The summed E-state index contributed by atoms with van der Waals surface area (Å²) in [5, 5.41) is 0. The molecule has 0 aromatic heterocycles. The highest BCUT2D eigenvalue weighted by Crippen LogP contribution is 2.47. The maximum Gasteiger partial charge on any atom is 0.550 e. The maximum absolute atomic E-state index is 13.6. The van der Waals surface area contributed by atoms with Crippen molar-refractivity contribution >= 4 is 21.9 Å². The molecule has 0 N–H and O–H groups in total. The highest BCUT2D eigenvalue weighted by molar-refractivity contribution is 8.16. The van der Waals surface area contributed by atoms with Gasteiger partial charge in [0.05, 0.1) is 17.6 Å². The molecule has 17 heteroatoms. The number of sulfone groups is 1. The van der Waals surface area contributed by atoms with Gasteiger partial charge in [-0.2, -0.15) is 13.2 Å². The van der Waals surface area contributed by atoms with Crippen LogP contribution in [-0.4, -0.2) is 26.5 Å². The first kappa shape index (κ1) is 22.7. The van der Waals surface area contributed by atoms with Crippen molar-refractivity contribution in [2.45, 2.75) is 18.0 Å². The molecular formula is C9HF11O4S2. The Labute approximate surface area is 140 Å². The van der Waals surface area contributed by atoms with E-state index in [2.05, 4.69) is 9.22 Å². The molecule has 0 amide bonds. The van der Waals surface area contributed by atoms with Crippen LogP contribution in [0.3, 0.4) is 0 Å². The Morgan fingerprint density at radius 2 is 1.42 bits per heavy atom. The molecule has 1 atom stereocenters. The largest absolute Gasteiger partial charge is 0.550 e. The van der Waals surface area contributed by atoms with Gasteiger partial charge >= 0.3 is 11.9 Å². The molecule has 26 heavy (non-hydrogen) atoms. The standard InChI is InChI=1S/C9HF11O4S2/c10-2-1(3(11)5(13)6(14)4(2)12)7(25-24-23-8(15,16)17)26(21,22)9(18,19)20/h2H/b7-1-. The molecule has 4 nitrogen and oxygen atoms in total. The predicted octanol–water partition coefficient (Wildman–Crippen LogP) is 4.90. The van der Waals surface area contributed by atoms with Crippen LogP contribution in [-0.2, 0) is 19.1 Å². The van der Waals surface area contributed by atoms with Crippen molar-refractivity contribution in [2.75, 3.05) is 0 Å². The van der Waals surface area contributed by atoms with E-state index in [4.69, 9.17) is 0 Å². The number of halogens is 11. The van der Waals surface area contributed by atoms with Crippen LogP contribution in [0.15, 0.2) is 33.1 Å². The van der Waals surface area contributed by atoms with Crippen molar-refractivity contribution in [2.24, 2.45) is 0 Å². The molecule has 0 bridgehead atoms. The van der Waals surface area contributed by atoms with Crippen LogP contribution in [0.4, 0.5) is 48.3 Å². The third kappa shape index (κ3) is 4.49. The van der Waals surface area contributed by atoms with Gasteiger partial charge in [-0.15, -0.1) is 22.4 Å². The van der Waals surface area contributed by atoms with Crippen LogP contribution in [0, 0.1) is 0 Å². The Kier molecular flexibility index (Phi) is 6.42. The molecule has 0 aliphatic heterocycles. The molecule has 0 aromatic carbocycles. The van der Waals surface area contributed by atoms with E-state index >= 15 is 0 Å². The van der Waals surface area contributed by atoms with Gasteiger partial charge in [0.15, 0.2) is 29.5 Å². The predicted molar refractivity (Wildman–Crippen MR) is 61.2 cm³/mol. The van der Waals surface area contributed by atoms with Crippen molar-refractivity contribution in [1.29, 1.82) is 0 Å². The van der Waals surface area contributed by atoms with E-state index in [-0.39, 0.29) is 0 Å². The van der Waals surface area contributed by atoms with E-state index in [1.807, 2.05) is 0 Å². The van der Waals surface area contributed by atoms with Gasteiger partial charge in [0, 0.05) is 0 Å². The molecule has 0 radical (unpaired) electrons. The van der Waals surface area contributed by atoms with Crippen LogP contribution in [0.1, 0.15) is 0 Å². The highest BCUT2D eigenvalue weighted by Gasteiger charge is 2.53. The summed E-state index contributed by atoms with van der Waals surface area (Å²) in [6.45, 7) is 0. The lowest BCUT2D eigenvalue weighted by Gasteiger charge is -2.20.